The van der Waals surface area contributed by atoms with E-state index in [1.165, 1.54) is 0 Å². The molecule has 16 heavy (non-hydrogen) atoms. The summed E-state index contributed by atoms with van der Waals surface area (Å²) >= 11 is 0. The molecule has 4 heteroatoms. The van der Waals surface area contributed by atoms with Crippen LogP contribution in [0.3, 0.4) is 0 Å². The average Bonchev–Trinajstić information content (AvgIpc) is 2.90. The quantitative estimate of drug-likeness (QED) is 0.794. The molecule has 0 spiro atoms. The molecule has 1 atom stereocenters. The van der Waals surface area contributed by atoms with Crippen LogP contribution >= 0.6 is 0 Å². The number of phenolic OH excluding ortho intramolecular Hbond substituents is 1. The lowest BCUT2D eigenvalue weighted by Gasteiger charge is -2.22. The molecular weight excluding hydrogens is 206 g/mol. The van der Waals surface area contributed by atoms with E-state index in [9.17, 15) is 5.11 Å². The highest BCUT2D eigenvalue weighted by atomic mass is 16.7. The highest BCUT2D eigenvalue weighted by Gasteiger charge is 2.51. The fraction of sp³-hybridized carbons (Fsp3) is 0.500. The zero-order chi connectivity index (χ0) is 11.3. The van der Waals surface area contributed by atoms with Gasteiger partial charge >= 0.3 is 0 Å². The van der Waals surface area contributed by atoms with Gasteiger partial charge in [0.1, 0.15) is 5.75 Å². The first-order chi connectivity index (χ1) is 7.65. The van der Waals surface area contributed by atoms with Crippen LogP contribution in [0.25, 0.3) is 0 Å². The van der Waals surface area contributed by atoms with Gasteiger partial charge in [-0.05, 0) is 31.9 Å². The van der Waals surface area contributed by atoms with Crippen molar-refractivity contribution in [1.29, 1.82) is 0 Å². The van der Waals surface area contributed by atoms with E-state index >= 15 is 0 Å². The minimum atomic E-state index is -0.122. The van der Waals surface area contributed by atoms with Crippen LogP contribution in [0.4, 0.5) is 0 Å². The van der Waals surface area contributed by atoms with E-state index in [4.69, 9.17) is 15.2 Å². The van der Waals surface area contributed by atoms with Gasteiger partial charge in [-0.15, -0.1) is 0 Å². The molecule has 0 aromatic heterocycles. The molecule has 1 fully saturated rings. The van der Waals surface area contributed by atoms with E-state index in [0.717, 1.165) is 18.4 Å². The Morgan fingerprint density at radius 1 is 1.38 bits per heavy atom. The number of aromatic hydroxyl groups is 1. The molecule has 0 bridgehead atoms. The number of phenols is 1. The summed E-state index contributed by atoms with van der Waals surface area (Å²) in [5.74, 6) is 1.65. The Morgan fingerprint density at radius 3 is 2.75 bits per heavy atom. The Balaban J connectivity index is 2.17. The second-order valence-corrected chi connectivity index (χ2v) is 4.64. The maximum Gasteiger partial charge on any atom is 0.231 e. The van der Waals surface area contributed by atoms with Gasteiger partial charge in [-0.1, -0.05) is 0 Å². The first-order valence-electron chi connectivity index (χ1n) is 5.53. The zero-order valence-corrected chi connectivity index (χ0v) is 9.19. The summed E-state index contributed by atoms with van der Waals surface area (Å²) in [6.07, 6.45) is 2.00. The van der Waals surface area contributed by atoms with E-state index in [1.807, 2.05) is 6.92 Å². The van der Waals surface area contributed by atoms with Crippen molar-refractivity contribution in [3.63, 3.8) is 0 Å². The summed E-state index contributed by atoms with van der Waals surface area (Å²) in [6, 6.07) is 3.40. The number of nitrogens with two attached hydrogens (primary N) is 1. The van der Waals surface area contributed by atoms with Crippen LogP contribution in [0.2, 0.25) is 0 Å². The minimum Gasteiger partial charge on any atom is -0.508 e. The number of ether oxygens (including phenoxy) is 2. The molecule has 1 aromatic rings. The highest BCUT2D eigenvalue weighted by Crippen LogP contribution is 2.58. The Kier molecular flexibility index (Phi) is 1.86. The van der Waals surface area contributed by atoms with Crippen LogP contribution < -0.4 is 15.2 Å². The maximum absolute atomic E-state index is 10.0. The lowest BCUT2D eigenvalue weighted by atomic mass is 9.88. The summed E-state index contributed by atoms with van der Waals surface area (Å²) in [5, 5.41) is 10.0. The fourth-order valence-electron chi connectivity index (χ4n) is 2.51. The topological polar surface area (TPSA) is 64.7 Å². The number of fused-ring (bicyclic) bond motifs is 1. The first-order valence-corrected chi connectivity index (χ1v) is 5.53. The second kappa shape index (κ2) is 3.04. The molecule has 2 aliphatic rings. The largest absolute Gasteiger partial charge is 0.508 e. The van der Waals surface area contributed by atoms with Crippen LogP contribution in [0, 0.1) is 0 Å². The minimum absolute atomic E-state index is 0.00843. The fourth-order valence-corrected chi connectivity index (χ4v) is 2.51. The highest BCUT2D eigenvalue weighted by molar-refractivity contribution is 5.60. The molecule has 0 saturated heterocycles. The molecule has 0 radical (unpaired) electrons. The molecule has 0 amide bonds. The molecule has 3 N–H and O–H groups in total. The van der Waals surface area contributed by atoms with Crippen molar-refractivity contribution in [2.24, 2.45) is 5.73 Å². The SMILES string of the molecule is CC(N)C1(c2c(O)ccc3c2OCO3)CC1. The maximum atomic E-state index is 10.0. The molecular formula is C12H15NO3. The molecule has 4 nitrogen and oxygen atoms in total. The predicted octanol–water partition coefficient (Wildman–Crippen LogP) is 1.50. The molecule has 86 valence electrons. The van der Waals surface area contributed by atoms with Crippen LogP contribution in [0.5, 0.6) is 17.2 Å². The third-order valence-corrected chi connectivity index (χ3v) is 3.68. The summed E-state index contributed by atoms with van der Waals surface area (Å²) < 4.78 is 10.8. The van der Waals surface area contributed by atoms with E-state index < -0.39 is 0 Å². The number of rotatable bonds is 2. The lowest BCUT2D eigenvalue weighted by Crippen LogP contribution is -2.31. The van der Waals surface area contributed by atoms with Gasteiger partial charge in [0.05, 0.1) is 0 Å². The van der Waals surface area contributed by atoms with Crippen LogP contribution in [-0.4, -0.2) is 17.9 Å². The van der Waals surface area contributed by atoms with Crippen molar-refractivity contribution >= 4 is 0 Å². The van der Waals surface area contributed by atoms with Gasteiger partial charge in [0.25, 0.3) is 0 Å². The number of hydrogen-bond acceptors (Lipinski definition) is 4. The molecule has 1 aliphatic carbocycles. The summed E-state index contributed by atoms with van der Waals surface area (Å²) in [4.78, 5) is 0. The molecule has 1 saturated carbocycles. The normalized spacial score (nSPS) is 21.9. The summed E-state index contributed by atoms with van der Waals surface area (Å²) in [6.45, 7) is 2.20. The Morgan fingerprint density at radius 2 is 2.12 bits per heavy atom. The Bertz CT molecular complexity index is 438. The third-order valence-electron chi connectivity index (χ3n) is 3.68. The van der Waals surface area contributed by atoms with Crippen LogP contribution in [-0.2, 0) is 5.41 Å². The number of benzene rings is 1. The van der Waals surface area contributed by atoms with Crippen LogP contribution in [0.1, 0.15) is 25.3 Å². The molecule has 1 aromatic carbocycles. The van der Waals surface area contributed by atoms with Gasteiger partial charge in [0, 0.05) is 17.0 Å². The average molecular weight is 221 g/mol. The molecule has 1 aliphatic heterocycles. The predicted molar refractivity (Wildman–Crippen MR) is 58.8 cm³/mol. The summed E-state index contributed by atoms with van der Waals surface area (Å²) in [7, 11) is 0. The van der Waals surface area contributed by atoms with Crippen molar-refractivity contribution in [3.8, 4) is 17.2 Å². The van der Waals surface area contributed by atoms with Crippen molar-refractivity contribution in [3.05, 3.63) is 17.7 Å². The van der Waals surface area contributed by atoms with Gasteiger partial charge in [-0.25, -0.2) is 0 Å². The van der Waals surface area contributed by atoms with Crippen molar-refractivity contribution in [2.45, 2.75) is 31.2 Å². The van der Waals surface area contributed by atoms with E-state index in [-0.39, 0.29) is 24.0 Å². The zero-order valence-electron chi connectivity index (χ0n) is 9.19. The van der Waals surface area contributed by atoms with Gasteiger partial charge < -0.3 is 20.3 Å². The van der Waals surface area contributed by atoms with Crippen LogP contribution in [0.15, 0.2) is 12.1 Å². The third kappa shape index (κ3) is 1.13. The second-order valence-electron chi connectivity index (χ2n) is 4.64. The van der Waals surface area contributed by atoms with Crippen molar-refractivity contribution in [2.75, 3.05) is 6.79 Å². The van der Waals surface area contributed by atoms with Gasteiger partial charge in [-0.3, -0.25) is 0 Å². The van der Waals surface area contributed by atoms with Gasteiger partial charge in [-0.2, -0.15) is 0 Å². The Labute approximate surface area is 94.0 Å². The molecule has 1 heterocycles. The van der Waals surface area contributed by atoms with E-state index in [1.54, 1.807) is 12.1 Å². The monoisotopic (exact) mass is 221 g/mol. The molecule has 3 rings (SSSR count). The smallest absolute Gasteiger partial charge is 0.231 e. The van der Waals surface area contributed by atoms with Crippen molar-refractivity contribution < 1.29 is 14.6 Å². The van der Waals surface area contributed by atoms with E-state index in [0.29, 0.717) is 11.5 Å². The van der Waals surface area contributed by atoms with Crippen molar-refractivity contribution in [1.82, 2.24) is 0 Å². The van der Waals surface area contributed by atoms with Gasteiger partial charge in [0.15, 0.2) is 11.5 Å². The van der Waals surface area contributed by atoms with E-state index in [2.05, 4.69) is 0 Å². The first kappa shape index (κ1) is 9.78. The Hall–Kier alpha value is -1.42. The van der Waals surface area contributed by atoms with Gasteiger partial charge in [0.2, 0.25) is 6.79 Å². The lowest BCUT2D eigenvalue weighted by molar-refractivity contribution is 0.172. The molecule has 1 unspecified atom stereocenters. The number of hydrogen-bond donors (Lipinski definition) is 2. The summed E-state index contributed by atoms with van der Waals surface area (Å²) in [5.41, 5.74) is 6.73. The standard InChI is InChI=1S/C12H15NO3/c1-7(13)12(4-5-12)10-8(14)2-3-9-11(10)16-6-15-9/h2-3,7,14H,4-6,13H2,1H3.